The molecule has 1 amide bonds. The van der Waals surface area contributed by atoms with Gasteiger partial charge in [0, 0.05) is 19.5 Å². The highest BCUT2D eigenvalue weighted by Gasteiger charge is 2.19. The molecule has 2 nitrogen and oxygen atoms in total. The Morgan fingerprint density at radius 2 is 1.75 bits per heavy atom. The summed E-state index contributed by atoms with van der Waals surface area (Å²) >= 11 is 0. The maximum absolute atomic E-state index is 11.4. The highest BCUT2D eigenvalue weighted by molar-refractivity contribution is 5.77. The lowest BCUT2D eigenvalue weighted by molar-refractivity contribution is -0.134. The number of amides is 1. The molecule has 0 aromatic rings. The fourth-order valence-electron chi connectivity index (χ4n) is 1.23. The van der Waals surface area contributed by atoms with Crippen molar-refractivity contribution in [2.75, 3.05) is 13.6 Å². The molecule has 0 aliphatic rings. The molecule has 0 aromatic heterocycles. The van der Waals surface area contributed by atoms with Crippen LogP contribution < -0.4 is 0 Å². The summed E-state index contributed by atoms with van der Waals surface area (Å²) in [4.78, 5) is 13.3. The number of rotatable bonds is 2. The molecule has 2 heteroatoms. The smallest absolute Gasteiger partial charge is 0.224 e. The van der Waals surface area contributed by atoms with Crippen LogP contribution in [0.5, 0.6) is 0 Å². The quantitative estimate of drug-likeness (QED) is 0.623. The minimum Gasteiger partial charge on any atom is -0.345 e. The fraction of sp³-hybridized carbons (Fsp3) is 0.900. The van der Waals surface area contributed by atoms with Crippen LogP contribution in [0.4, 0.5) is 0 Å². The van der Waals surface area contributed by atoms with Gasteiger partial charge in [0.05, 0.1) is 0 Å². The maximum atomic E-state index is 11.4. The highest BCUT2D eigenvalue weighted by Crippen LogP contribution is 2.15. The molecule has 12 heavy (non-hydrogen) atoms. The number of hydrogen-bond acceptors (Lipinski definition) is 1. The predicted octanol–water partition coefficient (Wildman–Crippen LogP) is 2.15. The summed E-state index contributed by atoms with van der Waals surface area (Å²) in [5.41, 5.74) is 0.194. The second-order valence-electron chi connectivity index (χ2n) is 4.91. The van der Waals surface area contributed by atoms with Crippen LogP contribution >= 0.6 is 0 Å². The van der Waals surface area contributed by atoms with Gasteiger partial charge in [0.1, 0.15) is 0 Å². The number of carbonyl (C=O) groups is 1. The first-order valence-electron chi connectivity index (χ1n) is 4.49. The Kier molecular flexibility index (Phi) is 3.75. The van der Waals surface area contributed by atoms with Gasteiger partial charge in [-0.15, -0.1) is 0 Å². The van der Waals surface area contributed by atoms with Crippen LogP contribution in [-0.4, -0.2) is 24.4 Å². The van der Waals surface area contributed by atoms with Crippen LogP contribution in [0.1, 0.15) is 34.6 Å². The van der Waals surface area contributed by atoms with Crippen LogP contribution in [0.3, 0.4) is 0 Å². The summed E-state index contributed by atoms with van der Waals surface area (Å²) in [6, 6.07) is 0. The molecule has 0 aliphatic carbocycles. The summed E-state index contributed by atoms with van der Waals surface area (Å²) in [6.45, 7) is 11.1. The first kappa shape index (κ1) is 11.5. The monoisotopic (exact) mass is 171 g/mol. The van der Waals surface area contributed by atoms with E-state index in [1.807, 2.05) is 25.8 Å². The van der Waals surface area contributed by atoms with E-state index in [0.717, 1.165) is 6.54 Å². The lowest BCUT2D eigenvalue weighted by Gasteiger charge is -2.27. The normalized spacial score (nSPS) is 11.9. The van der Waals surface area contributed by atoms with E-state index >= 15 is 0 Å². The van der Waals surface area contributed by atoms with E-state index in [1.54, 1.807) is 0 Å². The average Bonchev–Trinajstić information content (AvgIpc) is 1.82. The second kappa shape index (κ2) is 3.92. The molecule has 0 bridgehead atoms. The lowest BCUT2D eigenvalue weighted by Crippen LogP contribution is -2.36. The Morgan fingerprint density at radius 1 is 1.33 bits per heavy atom. The van der Waals surface area contributed by atoms with Crippen molar-refractivity contribution >= 4 is 5.91 Å². The molecular formula is C10H21NO. The molecule has 72 valence electrons. The van der Waals surface area contributed by atoms with Gasteiger partial charge in [-0.25, -0.2) is 0 Å². The largest absolute Gasteiger partial charge is 0.345 e. The Balaban J connectivity index is 4.05. The van der Waals surface area contributed by atoms with E-state index in [0.29, 0.717) is 0 Å². The summed E-state index contributed by atoms with van der Waals surface area (Å²) in [5, 5.41) is 0. The van der Waals surface area contributed by atoms with Crippen molar-refractivity contribution in [3.8, 4) is 0 Å². The van der Waals surface area contributed by atoms with Gasteiger partial charge in [-0.2, -0.15) is 0 Å². The maximum Gasteiger partial charge on any atom is 0.224 e. The van der Waals surface area contributed by atoms with Crippen LogP contribution in [-0.2, 0) is 4.79 Å². The molecule has 0 N–H and O–H groups in total. The summed E-state index contributed by atoms with van der Waals surface area (Å²) in [7, 11) is 1.87. The molecule has 0 aliphatic heterocycles. The van der Waals surface area contributed by atoms with Gasteiger partial charge in [-0.05, 0) is 5.41 Å². The number of nitrogens with zero attached hydrogens (tertiary/aromatic N) is 1. The van der Waals surface area contributed by atoms with Crippen molar-refractivity contribution in [2.45, 2.75) is 34.6 Å². The van der Waals surface area contributed by atoms with Crippen molar-refractivity contribution in [3.63, 3.8) is 0 Å². The van der Waals surface area contributed by atoms with Gasteiger partial charge in [0.15, 0.2) is 0 Å². The summed E-state index contributed by atoms with van der Waals surface area (Å²) in [6.07, 6.45) is 0. The molecule has 0 radical (unpaired) electrons. The third kappa shape index (κ3) is 4.37. The second-order valence-corrected chi connectivity index (χ2v) is 4.91. The van der Waals surface area contributed by atoms with Crippen molar-refractivity contribution in [1.82, 2.24) is 4.90 Å². The van der Waals surface area contributed by atoms with Crippen LogP contribution in [0.15, 0.2) is 0 Å². The van der Waals surface area contributed by atoms with Gasteiger partial charge < -0.3 is 4.90 Å². The van der Waals surface area contributed by atoms with E-state index in [1.165, 1.54) is 0 Å². The third-order valence-corrected chi connectivity index (χ3v) is 1.58. The van der Waals surface area contributed by atoms with Crippen molar-refractivity contribution in [2.24, 2.45) is 11.3 Å². The van der Waals surface area contributed by atoms with E-state index in [2.05, 4.69) is 20.8 Å². The Hall–Kier alpha value is -0.530. The van der Waals surface area contributed by atoms with Gasteiger partial charge in [-0.1, -0.05) is 34.6 Å². The van der Waals surface area contributed by atoms with E-state index in [4.69, 9.17) is 0 Å². The first-order valence-corrected chi connectivity index (χ1v) is 4.49. The average molecular weight is 171 g/mol. The van der Waals surface area contributed by atoms with Crippen LogP contribution in [0, 0.1) is 11.3 Å². The zero-order valence-electron chi connectivity index (χ0n) is 9.14. The van der Waals surface area contributed by atoms with Crippen molar-refractivity contribution in [1.29, 1.82) is 0 Å². The lowest BCUT2D eigenvalue weighted by atomic mass is 9.96. The van der Waals surface area contributed by atoms with Crippen LogP contribution in [0.2, 0.25) is 0 Å². The van der Waals surface area contributed by atoms with Gasteiger partial charge >= 0.3 is 0 Å². The molecule has 0 saturated carbocycles. The molecule has 0 fully saturated rings. The minimum atomic E-state index is 0.109. The summed E-state index contributed by atoms with van der Waals surface area (Å²) < 4.78 is 0. The van der Waals surface area contributed by atoms with E-state index in [9.17, 15) is 4.79 Å². The highest BCUT2D eigenvalue weighted by atomic mass is 16.2. The topological polar surface area (TPSA) is 20.3 Å². The zero-order valence-corrected chi connectivity index (χ0v) is 9.14. The number of hydrogen-bond donors (Lipinski definition) is 0. The number of carbonyl (C=O) groups excluding carboxylic acids is 1. The Bertz CT molecular complexity index is 156. The molecule has 0 rings (SSSR count). The first-order chi connectivity index (χ1) is 5.24. The molecule has 0 atom stereocenters. The SMILES string of the molecule is CC(C)C(=O)N(C)CC(C)(C)C. The minimum absolute atomic E-state index is 0.109. The standard InChI is InChI=1S/C10H21NO/c1-8(2)9(12)11(6)7-10(3,4)5/h8H,7H2,1-6H3. The Morgan fingerprint density at radius 3 is 2.00 bits per heavy atom. The van der Waals surface area contributed by atoms with Gasteiger partial charge in [-0.3, -0.25) is 4.79 Å². The van der Waals surface area contributed by atoms with E-state index < -0.39 is 0 Å². The molecule has 0 spiro atoms. The zero-order chi connectivity index (χ0) is 9.94. The summed E-state index contributed by atoms with van der Waals surface area (Å²) in [5.74, 6) is 0.335. The third-order valence-electron chi connectivity index (χ3n) is 1.58. The molecule has 0 aromatic carbocycles. The van der Waals surface area contributed by atoms with Crippen LogP contribution in [0.25, 0.3) is 0 Å². The molecule has 0 saturated heterocycles. The Labute approximate surface area is 75.9 Å². The van der Waals surface area contributed by atoms with E-state index in [-0.39, 0.29) is 17.2 Å². The molecular weight excluding hydrogens is 150 g/mol. The fourth-order valence-corrected chi connectivity index (χ4v) is 1.23. The van der Waals surface area contributed by atoms with Gasteiger partial charge in [0.2, 0.25) is 5.91 Å². The van der Waals surface area contributed by atoms with Gasteiger partial charge in [0.25, 0.3) is 0 Å². The predicted molar refractivity (Wildman–Crippen MR) is 51.9 cm³/mol. The molecule has 0 heterocycles. The van der Waals surface area contributed by atoms with Crippen molar-refractivity contribution in [3.05, 3.63) is 0 Å². The van der Waals surface area contributed by atoms with Crippen molar-refractivity contribution < 1.29 is 4.79 Å². The molecule has 0 unspecified atom stereocenters.